The Morgan fingerprint density at radius 2 is 2.03 bits per heavy atom. The number of pyridine rings is 1. The van der Waals surface area contributed by atoms with Gasteiger partial charge in [0, 0.05) is 39.6 Å². The van der Waals surface area contributed by atoms with Crippen LogP contribution in [-0.4, -0.2) is 16.1 Å². The van der Waals surface area contributed by atoms with Crippen molar-refractivity contribution in [1.82, 2.24) is 10.1 Å². The predicted molar refractivity (Wildman–Crippen MR) is 121 cm³/mol. The number of aryl methyl sites for hydroxylation is 3. The molecule has 0 spiro atoms. The number of fused-ring (bicyclic) bond motifs is 1. The highest BCUT2D eigenvalue weighted by molar-refractivity contribution is 7.98. The maximum Gasteiger partial charge on any atom is 0.341 e. The third-order valence-electron chi connectivity index (χ3n) is 4.99. The van der Waals surface area contributed by atoms with E-state index in [2.05, 4.69) is 10.1 Å². The summed E-state index contributed by atoms with van der Waals surface area (Å²) in [5, 5.41) is 5.63. The first-order chi connectivity index (χ1) is 15.3. The van der Waals surface area contributed by atoms with E-state index in [0.29, 0.717) is 37.9 Å². The van der Waals surface area contributed by atoms with Crippen LogP contribution < -0.4 is 5.63 Å². The third-order valence-corrected chi connectivity index (χ3v) is 6.43. The van der Waals surface area contributed by atoms with Crippen LogP contribution in [0.4, 0.5) is 0 Å². The molecular weight excluding hydrogens is 452 g/mol. The normalized spacial score (nSPS) is 11.1. The lowest BCUT2D eigenvalue weighted by molar-refractivity contribution is 0.0468. The number of nitrogens with zero attached hydrogens (tertiary/aromatic N) is 2. The van der Waals surface area contributed by atoms with Crippen LogP contribution in [0.2, 0.25) is 5.02 Å². The monoisotopic (exact) mass is 470 g/mol. The molecule has 164 valence electrons. The third kappa shape index (κ3) is 4.56. The van der Waals surface area contributed by atoms with Crippen molar-refractivity contribution in [3.05, 3.63) is 85.7 Å². The molecule has 0 fully saturated rings. The zero-order chi connectivity index (χ0) is 22.8. The molecule has 0 saturated heterocycles. The molecule has 0 saturated carbocycles. The zero-order valence-corrected chi connectivity index (χ0v) is 19.2. The average Bonchev–Trinajstić information content (AvgIpc) is 3.09. The van der Waals surface area contributed by atoms with Crippen LogP contribution in [0, 0.1) is 20.8 Å². The van der Waals surface area contributed by atoms with Crippen molar-refractivity contribution in [1.29, 1.82) is 0 Å². The van der Waals surface area contributed by atoms with E-state index in [1.807, 2.05) is 20.8 Å². The second-order valence-electron chi connectivity index (χ2n) is 7.21. The summed E-state index contributed by atoms with van der Waals surface area (Å²) >= 11 is 7.63. The fraction of sp³-hybridized carbons (Fsp3) is 0.217. The number of hydrogen-bond acceptors (Lipinski definition) is 8. The molecule has 0 unspecified atom stereocenters. The Bertz CT molecular complexity index is 1360. The number of benzene rings is 1. The molecule has 0 N–H and O–H groups in total. The lowest BCUT2D eigenvalue weighted by atomic mass is 10.1. The first kappa shape index (κ1) is 22.1. The minimum Gasteiger partial charge on any atom is -0.457 e. The number of thioether (sulfide) groups is 1. The van der Waals surface area contributed by atoms with Gasteiger partial charge in [-0.15, -0.1) is 11.8 Å². The van der Waals surface area contributed by atoms with Crippen LogP contribution in [-0.2, 0) is 17.1 Å². The molecular formula is C23H19ClN2O5S. The summed E-state index contributed by atoms with van der Waals surface area (Å²) in [6.07, 6.45) is 1.62. The molecule has 0 bridgehead atoms. The molecule has 1 aromatic carbocycles. The molecule has 0 amide bonds. The highest BCUT2D eigenvalue weighted by Crippen LogP contribution is 2.29. The van der Waals surface area contributed by atoms with Crippen LogP contribution in [0.15, 0.2) is 55.3 Å². The minimum atomic E-state index is -0.543. The Hall–Kier alpha value is -3.10. The number of ether oxygens (including phenoxy) is 1. The van der Waals surface area contributed by atoms with E-state index < -0.39 is 11.6 Å². The van der Waals surface area contributed by atoms with Gasteiger partial charge >= 0.3 is 11.6 Å². The molecule has 0 aliphatic carbocycles. The van der Waals surface area contributed by atoms with Crippen molar-refractivity contribution in [3.8, 4) is 0 Å². The maximum absolute atomic E-state index is 12.8. The van der Waals surface area contributed by atoms with E-state index >= 15 is 0 Å². The number of esters is 1. The lowest BCUT2D eigenvalue weighted by Crippen LogP contribution is -2.09. The van der Waals surface area contributed by atoms with E-state index in [9.17, 15) is 9.59 Å². The number of carbonyl (C=O) groups is 1. The number of halogens is 1. The second-order valence-corrected chi connectivity index (χ2v) is 8.58. The number of hydrogen-bond donors (Lipinski definition) is 0. The fourth-order valence-corrected chi connectivity index (χ4v) is 4.50. The summed E-state index contributed by atoms with van der Waals surface area (Å²) in [6.45, 7) is 5.42. The van der Waals surface area contributed by atoms with Crippen molar-refractivity contribution in [2.45, 2.75) is 38.2 Å². The summed E-state index contributed by atoms with van der Waals surface area (Å²) < 4.78 is 16.0. The highest BCUT2D eigenvalue weighted by atomic mass is 35.5. The first-order valence-electron chi connectivity index (χ1n) is 9.73. The topological polar surface area (TPSA) is 95.4 Å². The second kappa shape index (κ2) is 9.18. The van der Waals surface area contributed by atoms with Gasteiger partial charge in [-0.25, -0.2) is 14.6 Å². The van der Waals surface area contributed by atoms with Gasteiger partial charge in [0.15, 0.2) is 0 Å². The number of aromatic nitrogens is 2. The van der Waals surface area contributed by atoms with Crippen LogP contribution in [0.3, 0.4) is 0 Å². The van der Waals surface area contributed by atoms with E-state index in [1.165, 1.54) is 17.8 Å². The smallest absolute Gasteiger partial charge is 0.341 e. The van der Waals surface area contributed by atoms with E-state index in [0.717, 1.165) is 22.6 Å². The van der Waals surface area contributed by atoms with Gasteiger partial charge in [0.05, 0.1) is 11.3 Å². The molecule has 7 nitrogen and oxygen atoms in total. The summed E-state index contributed by atoms with van der Waals surface area (Å²) in [6, 6.07) is 8.02. The van der Waals surface area contributed by atoms with Gasteiger partial charge in [0.1, 0.15) is 23.0 Å². The highest BCUT2D eigenvalue weighted by Gasteiger charge is 2.18. The van der Waals surface area contributed by atoms with Crippen molar-refractivity contribution >= 4 is 40.3 Å². The summed E-state index contributed by atoms with van der Waals surface area (Å²) in [5.74, 6) is 0.749. The largest absolute Gasteiger partial charge is 0.457 e. The molecule has 0 radical (unpaired) electrons. The quantitative estimate of drug-likeness (QED) is 0.210. The molecule has 9 heteroatoms. The van der Waals surface area contributed by atoms with Gasteiger partial charge in [-0.1, -0.05) is 16.8 Å². The predicted octanol–water partition coefficient (Wildman–Crippen LogP) is 5.40. The molecule has 32 heavy (non-hydrogen) atoms. The van der Waals surface area contributed by atoms with Crippen molar-refractivity contribution < 1.29 is 18.5 Å². The Balaban J connectivity index is 1.54. The standard InChI is InChI=1S/C23H19ClN2O5S/c1-12-7-20-17(9-19(12)24)15(8-21(27)30-20)10-29-23(28)16-5-4-6-25-22(16)32-11-18-13(2)26-31-14(18)3/h4-9H,10-11H2,1-3H3. The average molecular weight is 471 g/mol. The zero-order valence-electron chi connectivity index (χ0n) is 17.6. The van der Waals surface area contributed by atoms with Crippen LogP contribution in [0.5, 0.6) is 0 Å². The maximum atomic E-state index is 12.8. The van der Waals surface area contributed by atoms with E-state index in [4.69, 9.17) is 25.3 Å². The molecule has 0 atom stereocenters. The van der Waals surface area contributed by atoms with Crippen LogP contribution >= 0.6 is 23.4 Å². The van der Waals surface area contributed by atoms with Gasteiger partial charge in [-0.2, -0.15) is 0 Å². The Kier molecular flexibility index (Phi) is 6.34. The number of rotatable bonds is 6. The van der Waals surface area contributed by atoms with Gasteiger partial charge in [-0.3, -0.25) is 0 Å². The molecule has 4 aromatic rings. The summed E-state index contributed by atoms with van der Waals surface area (Å²) in [7, 11) is 0. The van der Waals surface area contributed by atoms with Crippen molar-refractivity contribution in [2.75, 3.05) is 0 Å². The van der Waals surface area contributed by atoms with Crippen molar-refractivity contribution in [3.63, 3.8) is 0 Å². The fourth-order valence-electron chi connectivity index (χ4n) is 3.20. The number of carbonyl (C=O) groups excluding carboxylic acids is 1. The Labute approximate surface area is 192 Å². The van der Waals surface area contributed by atoms with Gasteiger partial charge in [0.2, 0.25) is 0 Å². The first-order valence-corrected chi connectivity index (χ1v) is 11.1. The van der Waals surface area contributed by atoms with Gasteiger partial charge < -0.3 is 13.7 Å². The summed E-state index contributed by atoms with van der Waals surface area (Å²) in [5.41, 5.74) is 3.27. The SMILES string of the molecule is Cc1cc2oc(=O)cc(COC(=O)c3cccnc3SCc3c(C)noc3C)c2cc1Cl. The summed E-state index contributed by atoms with van der Waals surface area (Å²) in [4.78, 5) is 29.1. The van der Waals surface area contributed by atoms with Crippen LogP contribution in [0.25, 0.3) is 11.0 Å². The van der Waals surface area contributed by atoms with Gasteiger partial charge in [0.25, 0.3) is 0 Å². The van der Waals surface area contributed by atoms with E-state index in [1.54, 1.807) is 30.5 Å². The molecule has 3 aromatic heterocycles. The molecule has 0 aliphatic rings. The van der Waals surface area contributed by atoms with Crippen LogP contribution in [0.1, 0.15) is 38.5 Å². The molecule has 3 heterocycles. The van der Waals surface area contributed by atoms with E-state index in [-0.39, 0.29) is 6.61 Å². The minimum absolute atomic E-state index is 0.108. The Morgan fingerprint density at radius 1 is 1.22 bits per heavy atom. The molecule has 0 aliphatic heterocycles. The van der Waals surface area contributed by atoms with Crippen molar-refractivity contribution in [2.24, 2.45) is 0 Å². The molecule has 4 rings (SSSR count). The lowest BCUT2D eigenvalue weighted by Gasteiger charge is -2.10. The van der Waals surface area contributed by atoms with Gasteiger partial charge in [-0.05, 0) is 50.6 Å². The Morgan fingerprint density at radius 3 is 2.78 bits per heavy atom.